The van der Waals surface area contributed by atoms with E-state index in [0.29, 0.717) is 0 Å². The number of benzene rings is 1. The van der Waals surface area contributed by atoms with Crippen molar-refractivity contribution < 1.29 is 19.6 Å². The first kappa shape index (κ1) is 13.4. The number of hydrogen-bond acceptors (Lipinski definition) is 6. The van der Waals surface area contributed by atoms with Crippen LogP contribution in [0.4, 0.5) is 5.69 Å². The van der Waals surface area contributed by atoms with Crippen LogP contribution in [0.15, 0.2) is 12.1 Å². The maximum Gasteiger partial charge on any atom is 0.310 e. The third kappa shape index (κ3) is 2.95. The highest BCUT2D eigenvalue weighted by molar-refractivity contribution is 5.75. The molecule has 1 rings (SSSR count). The molecule has 0 saturated carbocycles. The van der Waals surface area contributed by atoms with Crippen molar-refractivity contribution in [2.45, 2.75) is 13.3 Å². The van der Waals surface area contributed by atoms with Gasteiger partial charge in [0.1, 0.15) is 17.4 Å². The Balaban J connectivity index is 3.25. The average Bonchev–Trinajstić information content (AvgIpc) is 2.27. The Bertz CT molecular complexity index is 533. The molecule has 7 nitrogen and oxygen atoms in total. The fourth-order valence-corrected chi connectivity index (χ4v) is 1.48. The van der Waals surface area contributed by atoms with Gasteiger partial charge in [0, 0.05) is 11.6 Å². The molecule has 0 aliphatic rings. The summed E-state index contributed by atoms with van der Waals surface area (Å²) in [4.78, 5) is 21.4. The molecule has 0 aromatic heterocycles. The summed E-state index contributed by atoms with van der Waals surface area (Å²) in [6.45, 7) is 1.76. The summed E-state index contributed by atoms with van der Waals surface area (Å²) < 4.78 is 4.67. The number of carbonyl (C=O) groups is 1. The van der Waals surface area contributed by atoms with Gasteiger partial charge in [-0.15, -0.1) is 0 Å². The van der Waals surface area contributed by atoms with E-state index in [0.717, 1.165) is 12.1 Å². The topological polar surface area (TPSA) is 113 Å². The first-order chi connectivity index (χ1) is 8.49. The van der Waals surface area contributed by atoms with Crippen molar-refractivity contribution in [3.63, 3.8) is 0 Å². The van der Waals surface area contributed by atoms with Crippen LogP contribution in [0.25, 0.3) is 0 Å². The number of phenols is 1. The third-order valence-corrected chi connectivity index (χ3v) is 2.12. The number of nitriles is 1. The molecule has 0 saturated heterocycles. The van der Waals surface area contributed by atoms with Gasteiger partial charge in [0.05, 0.1) is 18.0 Å². The van der Waals surface area contributed by atoms with Crippen molar-refractivity contribution in [2.75, 3.05) is 6.61 Å². The van der Waals surface area contributed by atoms with E-state index in [1.165, 1.54) is 0 Å². The van der Waals surface area contributed by atoms with Gasteiger partial charge in [0.2, 0.25) is 0 Å². The van der Waals surface area contributed by atoms with Crippen LogP contribution >= 0.6 is 0 Å². The highest BCUT2D eigenvalue weighted by Crippen LogP contribution is 2.28. The molecule has 0 aliphatic carbocycles. The summed E-state index contributed by atoms with van der Waals surface area (Å²) in [6, 6.07) is 3.67. The standard InChI is InChI=1S/C11H10N2O5/c1-2-18-10(15)5-7-3-9(14)4-8(6-12)11(7)13(16)17/h3-4,14H,2,5H2,1H3. The molecule has 0 atom stereocenters. The zero-order valence-electron chi connectivity index (χ0n) is 9.54. The molecular formula is C11H10N2O5. The second-order valence-electron chi connectivity index (χ2n) is 3.35. The molecule has 1 aromatic rings. The van der Waals surface area contributed by atoms with Crippen LogP contribution in [0.2, 0.25) is 0 Å². The highest BCUT2D eigenvalue weighted by Gasteiger charge is 2.23. The fourth-order valence-electron chi connectivity index (χ4n) is 1.48. The molecule has 0 spiro atoms. The van der Waals surface area contributed by atoms with Crippen molar-refractivity contribution in [3.8, 4) is 11.8 Å². The van der Waals surface area contributed by atoms with Crippen molar-refractivity contribution in [1.29, 1.82) is 5.26 Å². The van der Waals surface area contributed by atoms with Gasteiger partial charge in [-0.3, -0.25) is 14.9 Å². The zero-order valence-corrected chi connectivity index (χ0v) is 9.54. The van der Waals surface area contributed by atoms with Gasteiger partial charge >= 0.3 is 5.97 Å². The molecule has 0 heterocycles. The lowest BCUT2D eigenvalue weighted by Gasteiger charge is -2.05. The number of aromatic hydroxyl groups is 1. The van der Waals surface area contributed by atoms with E-state index in [-0.39, 0.29) is 29.9 Å². The number of hydrogen-bond donors (Lipinski definition) is 1. The minimum absolute atomic E-state index is 0.0463. The number of esters is 1. The van der Waals surface area contributed by atoms with E-state index in [2.05, 4.69) is 4.74 Å². The molecule has 1 N–H and O–H groups in total. The Morgan fingerprint density at radius 3 is 2.78 bits per heavy atom. The number of nitrogens with zero attached hydrogens (tertiary/aromatic N) is 2. The summed E-state index contributed by atoms with van der Waals surface area (Å²) >= 11 is 0. The minimum atomic E-state index is -0.757. The molecule has 94 valence electrons. The monoisotopic (exact) mass is 250 g/mol. The first-order valence-electron chi connectivity index (χ1n) is 5.05. The molecule has 0 fully saturated rings. The molecule has 0 aliphatic heterocycles. The number of carbonyl (C=O) groups excluding carboxylic acids is 1. The van der Waals surface area contributed by atoms with Crippen molar-refractivity contribution in [2.24, 2.45) is 0 Å². The van der Waals surface area contributed by atoms with E-state index < -0.39 is 16.6 Å². The van der Waals surface area contributed by atoms with Crippen LogP contribution in [-0.2, 0) is 16.0 Å². The SMILES string of the molecule is CCOC(=O)Cc1cc(O)cc(C#N)c1[N+](=O)[O-]. The Kier molecular flexibility index (Phi) is 4.21. The molecule has 18 heavy (non-hydrogen) atoms. The summed E-state index contributed by atoms with van der Waals surface area (Å²) in [5, 5.41) is 29.0. The fraction of sp³-hybridized carbons (Fsp3) is 0.273. The van der Waals surface area contributed by atoms with Crippen LogP contribution in [0.3, 0.4) is 0 Å². The van der Waals surface area contributed by atoms with Gasteiger partial charge < -0.3 is 9.84 Å². The summed E-state index contributed by atoms with van der Waals surface area (Å²) in [7, 11) is 0. The largest absolute Gasteiger partial charge is 0.508 e. The Hall–Kier alpha value is -2.62. The number of phenolic OH excluding ortho intramolecular Hbond substituents is 1. The first-order valence-corrected chi connectivity index (χ1v) is 5.05. The lowest BCUT2D eigenvalue weighted by atomic mass is 10.0. The Morgan fingerprint density at radius 2 is 2.28 bits per heavy atom. The summed E-state index contributed by atoms with van der Waals surface area (Å²) in [6.07, 6.45) is -0.368. The number of nitro benzene ring substituents is 1. The van der Waals surface area contributed by atoms with Crippen LogP contribution in [0.1, 0.15) is 18.1 Å². The zero-order chi connectivity index (χ0) is 13.7. The van der Waals surface area contributed by atoms with E-state index in [1.807, 2.05) is 0 Å². The van der Waals surface area contributed by atoms with Crippen LogP contribution in [-0.4, -0.2) is 22.6 Å². The molecule has 7 heteroatoms. The smallest absolute Gasteiger partial charge is 0.310 e. The second-order valence-corrected chi connectivity index (χ2v) is 3.35. The third-order valence-electron chi connectivity index (χ3n) is 2.12. The van der Waals surface area contributed by atoms with E-state index >= 15 is 0 Å². The van der Waals surface area contributed by atoms with E-state index in [9.17, 15) is 20.0 Å². The molecule has 1 aromatic carbocycles. The van der Waals surface area contributed by atoms with E-state index in [1.54, 1.807) is 13.0 Å². The van der Waals surface area contributed by atoms with Gasteiger partial charge in [0.15, 0.2) is 0 Å². The van der Waals surface area contributed by atoms with Gasteiger partial charge in [-0.25, -0.2) is 0 Å². The van der Waals surface area contributed by atoms with Crippen molar-refractivity contribution in [3.05, 3.63) is 33.4 Å². The number of nitro groups is 1. The summed E-state index contributed by atoms with van der Waals surface area (Å²) in [5.41, 5.74) is -0.822. The molecule has 0 radical (unpaired) electrons. The molecule has 0 amide bonds. The second kappa shape index (κ2) is 5.63. The number of ether oxygens (including phenoxy) is 1. The van der Waals surface area contributed by atoms with E-state index in [4.69, 9.17) is 5.26 Å². The van der Waals surface area contributed by atoms with Gasteiger partial charge in [-0.05, 0) is 13.0 Å². The highest BCUT2D eigenvalue weighted by atomic mass is 16.6. The summed E-state index contributed by atoms with van der Waals surface area (Å²) in [5.74, 6) is -0.966. The average molecular weight is 250 g/mol. The van der Waals surface area contributed by atoms with Crippen molar-refractivity contribution >= 4 is 11.7 Å². The Morgan fingerprint density at radius 1 is 1.61 bits per heavy atom. The maximum absolute atomic E-state index is 11.3. The molecule has 0 bridgehead atoms. The molecule has 0 unspecified atom stereocenters. The lowest BCUT2D eigenvalue weighted by Crippen LogP contribution is -2.10. The lowest BCUT2D eigenvalue weighted by molar-refractivity contribution is -0.385. The predicted octanol–water partition coefficient (Wildman–Crippen LogP) is 1.28. The van der Waals surface area contributed by atoms with Gasteiger partial charge in [-0.1, -0.05) is 0 Å². The minimum Gasteiger partial charge on any atom is -0.508 e. The van der Waals surface area contributed by atoms with Crippen LogP contribution in [0, 0.1) is 21.4 Å². The quantitative estimate of drug-likeness (QED) is 0.489. The van der Waals surface area contributed by atoms with Crippen LogP contribution < -0.4 is 0 Å². The Labute approximate surface area is 102 Å². The van der Waals surface area contributed by atoms with Gasteiger partial charge in [-0.2, -0.15) is 5.26 Å². The normalized spacial score (nSPS) is 9.56. The van der Waals surface area contributed by atoms with Crippen molar-refractivity contribution in [1.82, 2.24) is 0 Å². The molecular weight excluding hydrogens is 240 g/mol. The maximum atomic E-state index is 11.3. The van der Waals surface area contributed by atoms with Gasteiger partial charge in [0.25, 0.3) is 5.69 Å². The van der Waals surface area contributed by atoms with Crippen LogP contribution in [0.5, 0.6) is 5.75 Å². The number of rotatable bonds is 4. The predicted molar refractivity (Wildman–Crippen MR) is 59.8 cm³/mol.